The molecule has 1 rings (SSSR count). The van der Waals surface area contributed by atoms with E-state index < -0.39 is 23.5 Å². The number of rotatable bonds is 2. The van der Waals surface area contributed by atoms with E-state index in [4.69, 9.17) is 0 Å². The number of nitrogens with zero attached hydrogens (tertiary/aromatic N) is 1. The van der Waals surface area contributed by atoms with Crippen molar-refractivity contribution in [1.29, 1.82) is 0 Å². The van der Waals surface area contributed by atoms with Crippen LogP contribution in [0.25, 0.3) is 0 Å². The van der Waals surface area contributed by atoms with Gasteiger partial charge in [0.1, 0.15) is 11.7 Å². The van der Waals surface area contributed by atoms with E-state index in [2.05, 4.69) is 10.2 Å². The molecule has 7 heteroatoms. The lowest BCUT2D eigenvalue weighted by Crippen LogP contribution is -2.53. The molecule has 0 saturated heterocycles. The molecule has 4 nitrogen and oxygen atoms in total. The SMILES string of the molecule is CC(C)(C)[C@H](NC(=O)c1ccn[nH]1)C(F)(F)F. The molecular weight excluding hydrogens is 235 g/mol. The number of hydrogen-bond donors (Lipinski definition) is 2. The van der Waals surface area contributed by atoms with Crippen molar-refractivity contribution in [2.75, 3.05) is 0 Å². The van der Waals surface area contributed by atoms with Gasteiger partial charge >= 0.3 is 6.18 Å². The maximum Gasteiger partial charge on any atom is 0.409 e. The highest BCUT2D eigenvalue weighted by molar-refractivity contribution is 5.92. The lowest BCUT2D eigenvalue weighted by atomic mass is 9.86. The fourth-order valence-electron chi connectivity index (χ4n) is 1.38. The lowest BCUT2D eigenvalue weighted by molar-refractivity contribution is -0.174. The standard InChI is InChI=1S/C10H14F3N3O/c1-9(2,3)8(10(11,12)13)15-7(17)6-4-5-14-16-6/h4-5,8H,1-3H3,(H,14,16)(H,15,17)/t8-/m0/s1. The van der Waals surface area contributed by atoms with Crippen molar-refractivity contribution < 1.29 is 18.0 Å². The van der Waals surface area contributed by atoms with Crippen LogP contribution in [0, 0.1) is 5.41 Å². The van der Waals surface area contributed by atoms with Crippen molar-refractivity contribution >= 4 is 5.91 Å². The van der Waals surface area contributed by atoms with Crippen molar-refractivity contribution in [3.63, 3.8) is 0 Å². The summed E-state index contributed by atoms with van der Waals surface area (Å²) in [6, 6.07) is -0.600. The second-order valence-corrected chi connectivity index (χ2v) is 4.78. The molecule has 0 spiro atoms. The number of halogens is 3. The lowest BCUT2D eigenvalue weighted by Gasteiger charge is -2.32. The van der Waals surface area contributed by atoms with Gasteiger partial charge in [-0.05, 0) is 11.5 Å². The smallest absolute Gasteiger partial charge is 0.339 e. The van der Waals surface area contributed by atoms with Crippen molar-refractivity contribution in [2.24, 2.45) is 5.41 Å². The summed E-state index contributed by atoms with van der Waals surface area (Å²) in [6.07, 6.45) is -3.19. The average molecular weight is 249 g/mol. The van der Waals surface area contributed by atoms with Crippen molar-refractivity contribution in [3.8, 4) is 0 Å². The molecule has 0 aliphatic rings. The third-order valence-electron chi connectivity index (χ3n) is 2.21. The van der Waals surface area contributed by atoms with Gasteiger partial charge in [-0.15, -0.1) is 0 Å². The van der Waals surface area contributed by atoms with Gasteiger partial charge in [-0.1, -0.05) is 20.8 Å². The molecule has 0 aliphatic carbocycles. The van der Waals surface area contributed by atoms with Gasteiger partial charge in [0.2, 0.25) is 0 Å². The molecule has 1 atom stereocenters. The molecule has 0 saturated carbocycles. The van der Waals surface area contributed by atoms with Crippen molar-refractivity contribution in [2.45, 2.75) is 33.0 Å². The van der Waals surface area contributed by atoms with E-state index in [0.29, 0.717) is 0 Å². The van der Waals surface area contributed by atoms with Crippen LogP contribution in [0.2, 0.25) is 0 Å². The van der Waals surface area contributed by atoms with Crippen LogP contribution in [0.15, 0.2) is 12.3 Å². The van der Waals surface area contributed by atoms with Crippen LogP contribution in [0.4, 0.5) is 13.2 Å². The van der Waals surface area contributed by atoms with Gasteiger partial charge in [0.25, 0.3) is 5.91 Å². The molecule has 0 fully saturated rings. The van der Waals surface area contributed by atoms with E-state index in [-0.39, 0.29) is 5.69 Å². The summed E-state index contributed by atoms with van der Waals surface area (Å²) < 4.78 is 38.3. The Hall–Kier alpha value is -1.53. The number of carbonyl (C=O) groups excluding carboxylic acids is 1. The summed E-state index contributed by atoms with van der Waals surface area (Å²) in [7, 11) is 0. The summed E-state index contributed by atoms with van der Waals surface area (Å²) >= 11 is 0. The normalized spacial score (nSPS) is 14.5. The maximum absolute atomic E-state index is 12.8. The minimum Gasteiger partial charge on any atom is -0.339 e. The molecular formula is C10H14F3N3O. The molecule has 0 radical (unpaired) electrons. The number of hydrogen-bond acceptors (Lipinski definition) is 2. The molecule has 1 heterocycles. The van der Waals surface area contributed by atoms with Crippen molar-refractivity contribution in [1.82, 2.24) is 15.5 Å². The van der Waals surface area contributed by atoms with Crippen LogP contribution in [-0.2, 0) is 0 Å². The predicted octanol–water partition coefficient (Wildman–Crippen LogP) is 2.12. The molecule has 0 aliphatic heterocycles. The van der Waals surface area contributed by atoms with Crippen LogP contribution in [0.1, 0.15) is 31.3 Å². The summed E-state index contributed by atoms with van der Waals surface area (Å²) in [5.74, 6) is -0.820. The van der Waals surface area contributed by atoms with E-state index >= 15 is 0 Å². The number of amides is 1. The highest BCUT2D eigenvalue weighted by Crippen LogP contribution is 2.33. The van der Waals surface area contributed by atoms with Gasteiger partial charge in [0.05, 0.1) is 0 Å². The van der Waals surface area contributed by atoms with Crippen LogP contribution in [-0.4, -0.2) is 28.3 Å². The zero-order valence-corrected chi connectivity index (χ0v) is 9.72. The highest BCUT2D eigenvalue weighted by atomic mass is 19.4. The first-order valence-electron chi connectivity index (χ1n) is 4.99. The molecule has 96 valence electrons. The van der Waals surface area contributed by atoms with E-state index in [9.17, 15) is 18.0 Å². The first kappa shape index (κ1) is 13.5. The maximum atomic E-state index is 12.8. The summed E-state index contributed by atoms with van der Waals surface area (Å²) in [5, 5.41) is 7.79. The Morgan fingerprint density at radius 1 is 1.41 bits per heavy atom. The number of carbonyl (C=O) groups is 1. The Morgan fingerprint density at radius 2 is 2.00 bits per heavy atom. The largest absolute Gasteiger partial charge is 0.409 e. The van der Waals surface area contributed by atoms with Gasteiger partial charge in [-0.2, -0.15) is 18.3 Å². The average Bonchev–Trinajstić information content (AvgIpc) is 2.62. The quantitative estimate of drug-likeness (QED) is 0.843. The third kappa shape index (κ3) is 3.47. The summed E-state index contributed by atoms with van der Waals surface area (Å²) in [5.41, 5.74) is -1.11. The number of aromatic amines is 1. The van der Waals surface area contributed by atoms with Crippen LogP contribution < -0.4 is 5.32 Å². The molecule has 0 unspecified atom stereocenters. The fraction of sp³-hybridized carbons (Fsp3) is 0.600. The van der Waals surface area contributed by atoms with Gasteiger partial charge in [0, 0.05) is 6.20 Å². The van der Waals surface area contributed by atoms with Gasteiger partial charge < -0.3 is 5.32 Å². The Bertz CT molecular complexity index is 364. The Labute approximate surface area is 96.6 Å². The number of alkyl halides is 3. The molecule has 0 bridgehead atoms. The Morgan fingerprint density at radius 3 is 2.35 bits per heavy atom. The fourth-order valence-corrected chi connectivity index (χ4v) is 1.38. The van der Waals surface area contributed by atoms with E-state index in [1.807, 2.05) is 5.32 Å². The molecule has 2 N–H and O–H groups in total. The first-order valence-corrected chi connectivity index (χ1v) is 4.99. The van der Waals surface area contributed by atoms with Gasteiger partial charge in [-0.25, -0.2) is 0 Å². The summed E-state index contributed by atoms with van der Waals surface area (Å²) in [6.45, 7) is 4.25. The minimum absolute atomic E-state index is 0.00324. The van der Waals surface area contributed by atoms with Crippen LogP contribution >= 0.6 is 0 Å². The topological polar surface area (TPSA) is 57.8 Å². The second-order valence-electron chi connectivity index (χ2n) is 4.78. The molecule has 0 aromatic carbocycles. The molecule has 17 heavy (non-hydrogen) atoms. The number of aromatic nitrogens is 2. The first-order chi connectivity index (χ1) is 7.62. The number of H-pyrrole nitrogens is 1. The monoisotopic (exact) mass is 249 g/mol. The van der Waals surface area contributed by atoms with E-state index in [0.717, 1.165) is 0 Å². The molecule has 1 aromatic rings. The van der Waals surface area contributed by atoms with E-state index in [1.54, 1.807) is 0 Å². The summed E-state index contributed by atoms with van der Waals surface area (Å²) in [4.78, 5) is 11.5. The minimum atomic E-state index is -4.49. The second kappa shape index (κ2) is 4.38. The molecule has 1 amide bonds. The van der Waals surface area contributed by atoms with Gasteiger partial charge in [0.15, 0.2) is 0 Å². The zero-order chi connectivity index (χ0) is 13.3. The Kier molecular flexibility index (Phi) is 3.49. The Balaban J connectivity index is 2.85. The number of nitrogens with one attached hydrogen (secondary N) is 2. The predicted molar refractivity (Wildman–Crippen MR) is 55.4 cm³/mol. The highest BCUT2D eigenvalue weighted by Gasteiger charge is 2.47. The van der Waals surface area contributed by atoms with Crippen LogP contribution in [0.3, 0.4) is 0 Å². The molecule has 1 aromatic heterocycles. The third-order valence-corrected chi connectivity index (χ3v) is 2.21. The van der Waals surface area contributed by atoms with Gasteiger partial charge in [-0.3, -0.25) is 9.89 Å². The van der Waals surface area contributed by atoms with Crippen molar-refractivity contribution in [3.05, 3.63) is 18.0 Å². The zero-order valence-electron chi connectivity index (χ0n) is 9.72. The van der Waals surface area contributed by atoms with E-state index in [1.165, 1.54) is 33.0 Å². The van der Waals surface area contributed by atoms with Crippen LogP contribution in [0.5, 0.6) is 0 Å².